The summed E-state index contributed by atoms with van der Waals surface area (Å²) in [5, 5.41) is 2.55. The lowest BCUT2D eigenvalue weighted by Crippen LogP contribution is -2.40. The Morgan fingerprint density at radius 3 is 2.47 bits per heavy atom. The van der Waals surface area contributed by atoms with E-state index in [0.29, 0.717) is 12.8 Å². The van der Waals surface area contributed by atoms with Crippen molar-refractivity contribution >= 4 is 5.91 Å². The first-order chi connectivity index (χ1) is 7.87. The first-order valence-corrected chi connectivity index (χ1v) is 5.97. The number of hydrogen-bond donors (Lipinski definition) is 2. The van der Waals surface area contributed by atoms with Gasteiger partial charge in [-0.2, -0.15) is 13.2 Å². The minimum absolute atomic E-state index is 0.0357. The number of rotatable bonds is 8. The van der Waals surface area contributed by atoms with Gasteiger partial charge in [-0.1, -0.05) is 19.8 Å². The van der Waals surface area contributed by atoms with E-state index < -0.39 is 18.6 Å². The summed E-state index contributed by atoms with van der Waals surface area (Å²) in [5.41, 5.74) is 5.60. The molecule has 0 bridgehead atoms. The predicted octanol–water partition coefficient (Wildman–Crippen LogP) is 2.35. The highest BCUT2D eigenvalue weighted by Gasteiger charge is 2.25. The predicted molar refractivity (Wildman–Crippen MR) is 60.4 cm³/mol. The van der Waals surface area contributed by atoms with Gasteiger partial charge in [-0.25, -0.2) is 0 Å². The van der Waals surface area contributed by atoms with Crippen LogP contribution in [0.2, 0.25) is 0 Å². The van der Waals surface area contributed by atoms with E-state index in [1.54, 1.807) is 0 Å². The molecule has 0 unspecified atom stereocenters. The number of nitrogens with two attached hydrogens (primary N) is 1. The Bertz CT molecular complexity index is 219. The molecule has 1 amide bonds. The van der Waals surface area contributed by atoms with Crippen LogP contribution in [0.4, 0.5) is 13.2 Å². The van der Waals surface area contributed by atoms with Gasteiger partial charge in [-0.3, -0.25) is 4.79 Å². The van der Waals surface area contributed by atoms with Crippen LogP contribution in [0.3, 0.4) is 0 Å². The van der Waals surface area contributed by atoms with Crippen LogP contribution in [0, 0.1) is 0 Å². The summed E-state index contributed by atoms with van der Waals surface area (Å²) in [4.78, 5) is 11.4. The zero-order chi connectivity index (χ0) is 13.3. The molecule has 3 N–H and O–H groups in total. The standard InChI is InChI=1S/C11H21F3N2O/c1-2-3-6-9(15)10(17)16-8-5-4-7-11(12,13)14/h9H,2-8,15H2,1H3,(H,16,17)/t9-/m0/s1. The van der Waals surface area contributed by atoms with Crippen molar-refractivity contribution in [2.45, 2.75) is 57.7 Å². The van der Waals surface area contributed by atoms with E-state index in [-0.39, 0.29) is 18.9 Å². The maximum absolute atomic E-state index is 11.8. The van der Waals surface area contributed by atoms with Gasteiger partial charge in [0.2, 0.25) is 5.91 Å². The molecule has 0 saturated heterocycles. The van der Waals surface area contributed by atoms with Crippen molar-refractivity contribution < 1.29 is 18.0 Å². The molecule has 0 aromatic carbocycles. The van der Waals surface area contributed by atoms with E-state index in [2.05, 4.69) is 5.32 Å². The zero-order valence-corrected chi connectivity index (χ0v) is 10.1. The first-order valence-electron chi connectivity index (χ1n) is 5.97. The fraction of sp³-hybridized carbons (Fsp3) is 0.909. The molecule has 17 heavy (non-hydrogen) atoms. The molecule has 0 aliphatic heterocycles. The number of halogens is 3. The lowest BCUT2D eigenvalue weighted by Gasteiger charge is -2.11. The molecule has 6 heteroatoms. The quantitative estimate of drug-likeness (QED) is 0.653. The molecule has 0 aromatic rings. The largest absolute Gasteiger partial charge is 0.389 e. The van der Waals surface area contributed by atoms with Gasteiger partial charge < -0.3 is 11.1 Å². The summed E-state index contributed by atoms with van der Waals surface area (Å²) in [5.74, 6) is -0.273. The fourth-order valence-electron chi connectivity index (χ4n) is 1.35. The number of carbonyl (C=O) groups excluding carboxylic acids is 1. The maximum Gasteiger partial charge on any atom is 0.389 e. The summed E-state index contributed by atoms with van der Waals surface area (Å²) in [6.45, 7) is 2.26. The van der Waals surface area contributed by atoms with Crippen LogP contribution in [-0.4, -0.2) is 24.7 Å². The molecule has 0 aliphatic rings. The minimum atomic E-state index is -4.11. The Morgan fingerprint density at radius 2 is 1.94 bits per heavy atom. The van der Waals surface area contributed by atoms with E-state index in [1.807, 2.05) is 6.92 Å². The monoisotopic (exact) mass is 254 g/mol. The molecule has 0 fully saturated rings. The summed E-state index contributed by atoms with van der Waals surface area (Å²) in [7, 11) is 0. The molecule has 1 atom stereocenters. The van der Waals surface area contributed by atoms with Gasteiger partial charge >= 0.3 is 6.18 Å². The zero-order valence-electron chi connectivity index (χ0n) is 10.1. The highest BCUT2D eigenvalue weighted by molar-refractivity contribution is 5.81. The van der Waals surface area contributed by atoms with Crippen LogP contribution < -0.4 is 11.1 Å². The van der Waals surface area contributed by atoms with E-state index in [0.717, 1.165) is 12.8 Å². The van der Waals surface area contributed by atoms with E-state index in [1.165, 1.54) is 0 Å². The number of unbranched alkanes of at least 4 members (excludes halogenated alkanes) is 2. The van der Waals surface area contributed by atoms with Crippen LogP contribution in [0.5, 0.6) is 0 Å². The minimum Gasteiger partial charge on any atom is -0.355 e. The lowest BCUT2D eigenvalue weighted by molar-refractivity contribution is -0.135. The number of amides is 1. The van der Waals surface area contributed by atoms with Crippen molar-refractivity contribution in [2.75, 3.05) is 6.54 Å². The second-order valence-electron chi connectivity index (χ2n) is 4.11. The van der Waals surface area contributed by atoms with Crippen molar-refractivity contribution in [1.29, 1.82) is 0 Å². The van der Waals surface area contributed by atoms with Crippen molar-refractivity contribution in [3.8, 4) is 0 Å². The van der Waals surface area contributed by atoms with Crippen molar-refractivity contribution in [2.24, 2.45) is 5.73 Å². The number of carbonyl (C=O) groups is 1. The van der Waals surface area contributed by atoms with Crippen LogP contribution in [0.15, 0.2) is 0 Å². The van der Waals surface area contributed by atoms with Gasteiger partial charge in [0, 0.05) is 13.0 Å². The van der Waals surface area contributed by atoms with Crippen LogP contribution >= 0.6 is 0 Å². The molecule has 0 aromatic heterocycles. The molecule has 0 radical (unpaired) electrons. The van der Waals surface area contributed by atoms with Gasteiger partial charge in [0.15, 0.2) is 0 Å². The van der Waals surface area contributed by atoms with Gasteiger partial charge in [-0.15, -0.1) is 0 Å². The molecule has 102 valence electrons. The summed E-state index contributed by atoms with van der Waals surface area (Å²) in [6, 6.07) is -0.544. The Kier molecular flexibility index (Phi) is 7.95. The number of hydrogen-bond acceptors (Lipinski definition) is 2. The Balaban J connectivity index is 3.51. The Labute approximate surface area is 99.9 Å². The van der Waals surface area contributed by atoms with Crippen LogP contribution in [0.25, 0.3) is 0 Å². The SMILES string of the molecule is CCCC[C@H](N)C(=O)NCCCCC(F)(F)F. The van der Waals surface area contributed by atoms with Crippen molar-refractivity contribution in [3.05, 3.63) is 0 Å². The number of alkyl halides is 3. The Hall–Kier alpha value is -0.780. The molecular formula is C11H21F3N2O. The normalized spacial score (nSPS) is 13.5. The highest BCUT2D eigenvalue weighted by Crippen LogP contribution is 2.21. The second kappa shape index (κ2) is 8.33. The topological polar surface area (TPSA) is 55.1 Å². The third-order valence-corrected chi connectivity index (χ3v) is 2.39. The second-order valence-corrected chi connectivity index (χ2v) is 4.11. The third-order valence-electron chi connectivity index (χ3n) is 2.39. The van der Waals surface area contributed by atoms with Gasteiger partial charge in [0.25, 0.3) is 0 Å². The Morgan fingerprint density at radius 1 is 1.29 bits per heavy atom. The van der Waals surface area contributed by atoms with Gasteiger partial charge in [0.1, 0.15) is 0 Å². The van der Waals surface area contributed by atoms with Crippen LogP contribution in [0.1, 0.15) is 45.4 Å². The van der Waals surface area contributed by atoms with Crippen molar-refractivity contribution in [3.63, 3.8) is 0 Å². The molecule has 3 nitrogen and oxygen atoms in total. The van der Waals surface area contributed by atoms with E-state index >= 15 is 0 Å². The molecule has 0 spiro atoms. The maximum atomic E-state index is 11.8. The van der Waals surface area contributed by atoms with E-state index in [4.69, 9.17) is 5.73 Å². The van der Waals surface area contributed by atoms with Crippen molar-refractivity contribution in [1.82, 2.24) is 5.32 Å². The average molecular weight is 254 g/mol. The first kappa shape index (κ1) is 16.2. The summed E-state index contributed by atoms with van der Waals surface area (Å²) >= 11 is 0. The smallest absolute Gasteiger partial charge is 0.355 e. The number of nitrogens with one attached hydrogen (secondary N) is 1. The van der Waals surface area contributed by atoms with Gasteiger partial charge in [-0.05, 0) is 19.3 Å². The molecule has 0 heterocycles. The van der Waals surface area contributed by atoms with Crippen LogP contribution in [-0.2, 0) is 4.79 Å². The summed E-state index contributed by atoms with van der Waals surface area (Å²) < 4.78 is 35.4. The molecule has 0 aliphatic carbocycles. The molecule has 0 rings (SSSR count). The van der Waals surface area contributed by atoms with E-state index in [9.17, 15) is 18.0 Å². The highest BCUT2D eigenvalue weighted by atomic mass is 19.4. The third kappa shape index (κ3) is 10.1. The average Bonchev–Trinajstić information content (AvgIpc) is 2.23. The fourth-order valence-corrected chi connectivity index (χ4v) is 1.35. The summed E-state index contributed by atoms with van der Waals surface area (Å²) in [6.07, 6.45) is -2.09. The molecular weight excluding hydrogens is 233 g/mol. The molecule has 0 saturated carbocycles. The lowest BCUT2D eigenvalue weighted by atomic mass is 10.1. The van der Waals surface area contributed by atoms with Gasteiger partial charge in [0.05, 0.1) is 6.04 Å².